The van der Waals surface area contributed by atoms with Gasteiger partial charge in [0, 0.05) is 22.5 Å². The molecule has 0 radical (unpaired) electrons. The molecule has 0 aliphatic carbocycles. The average Bonchev–Trinajstić information content (AvgIpc) is 2.42. The van der Waals surface area contributed by atoms with Gasteiger partial charge in [0.2, 0.25) is 5.91 Å². The fraction of sp³-hybridized carbons (Fsp3) is 0.133. The normalized spacial score (nSPS) is 11.2. The quantitative estimate of drug-likeness (QED) is 0.929. The van der Waals surface area contributed by atoms with E-state index < -0.39 is 21.6 Å². The Bertz CT molecular complexity index is 801. The lowest BCUT2D eigenvalue weighted by Crippen LogP contribution is -2.15. The third-order valence-electron chi connectivity index (χ3n) is 2.94. The van der Waals surface area contributed by atoms with Crippen molar-refractivity contribution < 1.29 is 17.6 Å². The Morgan fingerprint density at radius 2 is 1.91 bits per heavy atom. The van der Waals surface area contributed by atoms with Crippen LogP contribution in [0.4, 0.5) is 10.1 Å². The van der Waals surface area contributed by atoms with Gasteiger partial charge in [-0.3, -0.25) is 4.79 Å². The van der Waals surface area contributed by atoms with Gasteiger partial charge < -0.3 is 5.32 Å². The summed E-state index contributed by atoms with van der Waals surface area (Å²) in [4.78, 5) is 12.1. The fourth-order valence-corrected chi connectivity index (χ4v) is 2.77. The zero-order valence-electron chi connectivity index (χ0n) is 11.6. The van der Waals surface area contributed by atoms with Crippen molar-refractivity contribution in [2.24, 2.45) is 0 Å². The highest BCUT2D eigenvalue weighted by Gasteiger charge is 2.13. The molecule has 2 aromatic rings. The van der Waals surface area contributed by atoms with Crippen molar-refractivity contribution in [3.05, 3.63) is 58.9 Å². The van der Waals surface area contributed by atoms with Gasteiger partial charge in [-0.2, -0.15) is 0 Å². The molecule has 0 atom stereocenters. The molecule has 0 unspecified atom stereocenters. The van der Waals surface area contributed by atoms with Crippen LogP contribution in [0.25, 0.3) is 0 Å². The van der Waals surface area contributed by atoms with E-state index in [9.17, 15) is 17.6 Å². The number of amides is 1. The maximum absolute atomic E-state index is 13.6. The van der Waals surface area contributed by atoms with Crippen LogP contribution in [0.1, 0.15) is 5.56 Å². The van der Waals surface area contributed by atoms with Gasteiger partial charge in [0.25, 0.3) is 0 Å². The van der Waals surface area contributed by atoms with E-state index in [4.69, 9.17) is 11.6 Å². The topological polar surface area (TPSA) is 63.2 Å². The van der Waals surface area contributed by atoms with Crippen molar-refractivity contribution in [2.45, 2.75) is 11.3 Å². The molecule has 4 nitrogen and oxygen atoms in total. The molecular formula is C15H13ClFNO3S. The molecule has 0 spiro atoms. The highest BCUT2D eigenvalue weighted by Crippen LogP contribution is 2.20. The third kappa shape index (κ3) is 4.05. The Morgan fingerprint density at radius 1 is 1.23 bits per heavy atom. The van der Waals surface area contributed by atoms with Crippen LogP contribution < -0.4 is 5.32 Å². The number of nitrogens with one attached hydrogen (secondary N) is 1. The molecule has 0 bridgehead atoms. The van der Waals surface area contributed by atoms with Gasteiger partial charge in [0.05, 0.1) is 11.3 Å². The first-order chi connectivity index (χ1) is 10.3. The number of carbonyl (C=O) groups is 1. The largest absolute Gasteiger partial charge is 0.326 e. The molecule has 0 saturated heterocycles. The van der Waals surface area contributed by atoms with Crippen molar-refractivity contribution in [3.63, 3.8) is 0 Å². The fourth-order valence-electron chi connectivity index (χ4n) is 1.87. The summed E-state index contributed by atoms with van der Waals surface area (Å²) >= 11 is 5.86. The van der Waals surface area contributed by atoms with Crippen LogP contribution in [0.5, 0.6) is 0 Å². The second kappa shape index (κ2) is 6.46. The number of hydrogen-bond donors (Lipinski definition) is 1. The Kier molecular flexibility index (Phi) is 4.83. The summed E-state index contributed by atoms with van der Waals surface area (Å²) in [5.41, 5.74) is 0.418. The van der Waals surface area contributed by atoms with Gasteiger partial charge in [-0.05, 0) is 30.3 Å². The predicted octanol–water partition coefficient (Wildman–Crippen LogP) is 3.06. The molecule has 7 heteroatoms. The molecule has 0 heterocycles. The molecule has 0 aromatic heterocycles. The van der Waals surface area contributed by atoms with E-state index in [1.807, 2.05) is 0 Å². The first-order valence-corrected chi connectivity index (χ1v) is 8.57. The summed E-state index contributed by atoms with van der Waals surface area (Å²) in [7, 11) is -3.37. The first-order valence-electron chi connectivity index (χ1n) is 6.30. The molecule has 116 valence electrons. The molecule has 0 aliphatic rings. The third-order valence-corrected chi connectivity index (χ3v) is 4.41. The number of benzene rings is 2. The van der Waals surface area contributed by atoms with Gasteiger partial charge in [-0.15, -0.1) is 0 Å². The minimum absolute atomic E-state index is 0.0919. The standard InChI is InChI=1S/C15H13ClFNO3S/c1-22(20,21)11-5-2-4-10(8-11)18-15(19)9-12-13(16)6-3-7-14(12)17/h2-8H,9H2,1H3,(H,18,19). The SMILES string of the molecule is CS(=O)(=O)c1cccc(NC(=O)Cc2c(F)cccc2Cl)c1. The summed E-state index contributed by atoms with van der Waals surface area (Å²) in [5, 5.41) is 2.70. The molecule has 0 fully saturated rings. The van der Waals surface area contributed by atoms with Gasteiger partial charge in [0.1, 0.15) is 5.82 Å². The molecule has 1 N–H and O–H groups in total. The number of rotatable bonds is 4. The summed E-state index contributed by atoms with van der Waals surface area (Å²) in [5.74, 6) is -1.05. The molecule has 2 rings (SSSR count). The molecule has 22 heavy (non-hydrogen) atoms. The van der Waals surface area contributed by atoms with E-state index in [1.54, 1.807) is 6.07 Å². The van der Waals surface area contributed by atoms with Crippen LogP contribution in [-0.2, 0) is 21.1 Å². The monoisotopic (exact) mass is 341 g/mol. The van der Waals surface area contributed by atoms with Crippen molar-refractivity contribution in [1.29, 1.82) is 0 Å². The van der Waals surface area contributed by atoms with Gasteiger partial charge in [-0.25, -0.2) is 12.8 Å². The van der Waals surface area contributed by atoms with E-state index >= 15 is 0 Å². The predicted molar refractivity (Wildman–Crippen MR) is 83.3 cm³/mol. The van der Waals surface area contributed by atoms with E-state index in [0.29, 0.717) is 5.69 Å². The minimum atomic E-state index is -3.37. The highest BCUT2D eigenvalue weighted by atomic mass is 35.5. The number of hydrogen-bond acceptors (Lipinski definition) is 3. The van der Waals surface area contributed by atoms with Crippen LogP contribution >= 0.6 is 11.6 Å². The van der Waals surface area contributed by atoms with Crippen LogP contribution in [0.15, 0.2) is 47.4 Å². The highest BCUT2D eigenvalue weighted by molar-refractivity contribution is 7.90. The smallest absolute Gasteiger partial charge is 0.228 e. The van der Waals surface area contributed by atoms with Crippen LogP contribution in [0.3, 0.4) is 0 Å². The Morgan fingerprint density at radius 3 is 2.55 bits per heavy atom. The molecule has 2 aromatic carbocycles. The zero-order valence-corrected chi connectivity index (χ0v) is 13.2. The second-order valence-corrected chi connectivity index (χ2v) is 7.15. The average molecular weight is 342 g/mol. The van der Waals surface area contributed by atoms with Crippen molar-refractivity contribution in [2.75, 3.05) is 11.6 Å². The number of carbonyl (C=O) groups excluding carboxylic acids is 1. The van der Waals surface area contributed by atoms with Gasteiger partial charge in [0.15, 0.2) is 9.84 Å². The Balaban J connectivity index is 2.16. The maximum Gasteiger partial charge on any atom is 0.228 e. The summed E-state index contributed by atoms with van der Waals surface area (Å²) in [6.07, 6.45) is 0.835. The van der Waals surface area contributed by atoms with Gasteiger partial charge >= 0.3 is 0 Å². The number of anilines is 1. The van der Waals surface area contributed by atoms with Gasteiger partial charge in [-0.1, -0.05) is 23.7 Å². The molecular weight excluding hydrogens is 329 g/mol. The van der Waals surface area contributed by atoms with Crippen molar-refractivity contribution in [3.8, 4) is 0 Å². The summed E-state index contributed by atoms with van der Waals surface area (Å²) in [6.45, 7) is 0. The summed E-state index contributed by atoms with van der Waals surface area (Å²) in [6, 6.07) is 10.0. The maximum atomic E-state index is 13.6. The molecule has 0 saturated carbocycles. The van der Waals surface area contributed by atoms with Crippen LogP contribution in [-0.4, -0.2) is 20.6 Å². The summed E-state index contributed by atoms with van der Waals surface area (Å²) < 4.78 is 36.6. The van der Waals surface area contributed by atoms with Crippen LogP contribution in [0, 0.1) is 5.82 Å². The lowest BCUT2D eigenvalue weighted by molar-refractivity contribution is -0.115. The molecule has 0 aliphatic heterocycles. The zero-order chi connectivity index (χ0) is 16.3. The van der Waals surface area contributed by atoms with Crippen LogP contribution in [0.2, 0.25) is 5.02 Å². The molecule has 1 amide bonds. The Labute approximate surface area is 132 Å². The van der Waals surface area contributed by atoms with E-state index in [-0.39, 0.29) is 21.9 Å². The van der Waals surface area contributed by atoms with E-state index in [0.717, 1.165) is 6.26 Å². The first kappa shape index (κ1) is 16.5. The van der Waals surface area contributed by atoms with Crippen molar-refractivity contribution >= 4 is 33.0 Å². The number of sulfone groups is 1. The Hall–Kier alpha value is -1.92. The van der Waals surface area contributed by atoms with E-state index in [1.165, 1.54) is 36.4 Å². The van der Waals surface area contributed by atoms with Crippen molar-refractivity contribution in [1.82, 2.24) is 0 Å². The minimum Gasteiger partial charge on any atom is -0.326 e. The lowest BCUT2D eigenvalue weighted by atomic mass is 10.1. The lowest BCUT2D eigenvalue weighted by Gasteiger charge is -2.08. The second-order valence-electron chi connectivity index (χ2n) is 4.73. The van der Waals surface area contributed by atoms with E-state index in [2.05, 4.69) is 5.32 Å². The number of halogens is 2.